The van der Waals surface area contributed by atoms with Crippen molar-refractivity contribution >= 4 is 17.6 Å². The minimum absolute atomic E-state index is 0.126. The maximum Gasteiger partial charge on any atom is 0.310 e. The number of benzene rings is 1. The van der Waals surface area contributed by atoms with Crippen LogP contribution in [-0.4, -0.2) is 18.7 Å². The summed E-state index contributed by atoms with van der Waals surface area (Å²) in [5.41, 5.74) is 2.65. The van der Waals surface area contributed by atoms with Crippen molar-refractivity contribution in [2.75, 3.05) is 6.61 Å². The van der Waals surface area contributed by atoms with Crippen LogP contribution in [-0.2, 0) is 16.0 Å². The molecular weight excluding hydrogens is 288 g/mol. The molecular formula is C17H25ClO3. The van der Waals surface area contributed by atoms with Crippen molar-refractivity contribution in [2.24, 2.45) is 5.92 Å². The van der Waals surface area contributed by atoms with Crippen LogP contribution in [0.3, 0.4) is 0 Å². The molecule has 0 unspecified atom stereocenters. The number of carbonyl (C=O) groups excluding carboxylic acids is 1. The summed E-state index contributed by atoms with van der Waals surface area (Å²) in [5, 5.41) is 0.680. The molecule has 0 bridgehead atoms. The lowest BCUT2D eigenvalue weighted by Crippen LogP contribution is -2.16. The fraction of sp³-hybridized carbons (Fsp3) is 0.588. The lowest BCUT2D eigenvalue weighted by atomic mass is 10.0. The summed E-state index contributed by atoms with van der Waals surface area (Å²) in [4.78, 5) is 11.9. The molecule has 1 rings (SSSR count). The number of rotatable bonds is 6. The van der Waals surface area contributed by atoms with Crippen molar-refractivity contribution in [3.63, 3.8) is 0 Å². The van der Waals surface area contributed by atoms with E-state index in [9.17, 15) is 4.79 Å². The lowest BCUT2D eigenvalue weighted by Gasteiger charge is -2.18. The van der Waals surface area contributed by atoms with Crippen LogP contribution in [0.5, 0.6) is 5.75 Å². The maximum absolute atomic E-state index is 11.9. The summed E-state index contributed by atoms with van der Waals surface area (Å²) in [5.74, 6) is 0.878. The number of ether oxygens (including phenoxy) is 2. The van der Waals surface area contributed by atoms with Crippen molar-refractivity contribution in [2.45, 2.75) is 54.1 Å². The van der Waals surface area contributed by atoms with Gasteiger partial charge in [0.15, 0.2) is 0 Å². The zero-order valence-electron chi connectivity index (χ0n) is 13.7. The van der Waals surface area contributed by atoms with Crippen LogP contribution in [0.15, 0.2) is 6.07 Å². The van der Waals surface area contributed by atoms with Gasteiger partial charge in [-0.2, -0.15) is 0 Å². The molecule has 0 radical (unpaired) electrons. The molecule has 0 saturated carbocycles. The Labute approximate surface area is 132 Å². The number of halogens is 1. The van der Waals surface area contributed by atoms with E-state index in [0.29, 0.717) is 17.5 Å². The van der Waals surface area contributed by atoms with E-state index < -0.39 is 0 Å². The van der Waals surface area contributed by atoms with Gasteiger partial charge in [-0.3, -0.25) is 4.79 Å². The number of hydrogen-bond acceptors (Lipinski definition) is 3. The van der Waals surface area contributed by atoms with E-state index in [-0.39, 0.29) is 18.5 Å². The van der Waals surface area contributed by atoms with Gasteiger partial charge in [0, 0.05) is 10.6 Å². The molecule has 0 saturated heterocycles. The Morgan fingerprint density at radius 2 is 1.86 bits per heavy atom. The first-order valence-electron chi connectivity index (χ1n) is 7.33. The van der Waals surface area contributed by atoms with Gasteiger partial charge in [0.05, 0.1) is 19.1 Å². The Kier molecular flexibility index (Phi) is 6.53. The van der Waals surface area contributed by atoms with Crippen molar-refractivity contribution in [1.29, 1.82) is 0 Å². The van der Waals surface area contributed by atoms with Crippen LogP contribution in [0, 0.1) is 19.8 Å². The van der Waals surface area contributed by atoms with Gasteiger partial charge in [0.2, 0.25) is 0 Å². The average molecular weight is 313 g/mol. The maximum atomic E-state index is 11.9. The fourth-order valence-corrected chi connectivity index (χ4v) is 2.18. The Balaban J connectivity index is 3.08. The second-order valence-corrected chi connectivity index (χ2v) is 6.41. The molecule has 0 heterocycles. The van der Waals surface area contributed by atoms with Gasteiger partial charge in [-0.15, -0.1) is 0 Å². The zero-order valence-corrected chi connectivity index (χ0v) is 14.5. The first-order chi connectivity index (χ1) is 9.72. The highest BCUT2D eigenvalue weighted by Gasteiger charge is 2.18. The molecule has 0 amide bonds. The third-order valence-corrected chi connectivity index (χ3v) is 3.62. The first-order valence-corrected chi connectivity index (χ1v) is 7.71. The Morgan fingerprint density at radius 3 is 2.38 bits per heavy atom. The summed E-state index contributed by atoms with van der Waals surface area (Å²) < 4.78 is 11.1. The highest BCUT2D eigenvalue weighted by molar-refractivity contribution is 6.32. The zero-order chi connectivity index (χ0) is 16.2. The highest BCUT2D eigenvalue weighted by Crippen LogP contribution is 2.32. The minimum atomic E-state index is -0.262. The standard InChI is InChI=1S/C17H25ClO3/c1-10(2)9-20-15-7-12(5)17(18)13(6)14(15)8-16(19)21-11(3)4/h7,10-11H,8-9H2,1-6H3. The van der Waals surface area contributed by atoms with Gasteiger partial charge in [-0.05, 0) is 50.8 Å². The first kappa shape index (κ1) is 17.8. The van der Waals surface area contributed by atoms with Crippen LogP contribution >= 0.6 is 11.6 Å². The van der Waals surface area contributed by atoms with Gasteiger partial charge in [-0.25, -0.2) is 0 Å². The normalized spacial score (nSPS) is 11.1. The molecule has 4 heteroatoms. The molecule has 0 atom stereocenters. The largest absolute Gasteiger partial charge is 0.493 e. The third kappa shape index (κ3) is 5.24. The van der Waals surface area contributed by atoms with Crippen LogP contribution < -0.4 is 4.74 Å². The molecule has 0 aromatic heterocycles. The minimum Gasteiger partial charge on any atom is -0.493 e. The fourth-order valence-electron chi connectivity index (χ4n) is 2.01. The quantitative estimate of drug-likeness (QED) is 0.726. The molecule has 0 fully saturated rings. The van der Waals surface area contributed by atoms with Crippen LogP contribution in [0.25, 0.3) is 0 Å². The summed E-state index contributed by atoms with van der Waals surface area (Å²) in [6, 6.07) is 1.90. The second-order valence-electron chi connectivity index (χ2n) is 6.03. The van der Waals surface area contributed by atoms with Crippen molar-refractivity contribution in [3.05, 3.63) is 27.8 Å². The number of hydrogen-bond donors (Lipinski definition) is 0. The molecule has 0 spiro atoms. The summed E-state index contributed by atoms with van der Waals surface area (Å²) >= 11 is 6.30. The number of carbonyl (C=O) groups is 1. The molecule has 0 N–H and O–H groups in total. The summed E-state index contributed by atoms with van der Waals surface area (Å²) in [6.07, 6.45) is 0.0519. The Bertz CT molecular complexity index is 507. The highest BCUT2D eigenvalue weighted by atomic mass is 35.5. The monoisotopic (exact) mass is 312 g/mol. The smallest absolute Gasteiger partial charge is 0.310 e. The van der Waals surface area contributed by atoms with Gasteiger partial charge in [-0.1, -0.05) is 25.4 Å². The van der Waals surface area contributed by atoms with Crippen molar-refractivity contribution < 1.29 is 14.3 Å². The molecule has 0 aliphatic carbocycles. The molecule has 0 aliphatic heterocycles. The predicted molar refractivity (Wildman–Crippen MR) is 86.2 cm³/mol. The Morgan fingerprint density at radius 1 is 1.24 bits per heavy atom. The van der Waals surface area contributed by atoms with E-state index in [1.807, 2.05) is 33.8 Å². The van der Waals surface area contributed by atoms with E-state index in [4.69, 9.17) is 21.1 Å². The van der Waals surface area contributed by atoms with Gasteiger partial charge >= 0.3 is 5.97 Å². The number of aryl methyl sites for hydroxylation is 1. The summed E-state index contributed by atoms with van der Waals surface area (Å²) in [6.45, 7) is 12.3. The molecule has 0 aliphatic rings. The predicted octanol–water partition coefficient (Wildman–Crippen LogP) is 4.49. The molecule has 118 valence electrons. The second kappa shape index (κ2) is 7.69. The Hall–Kier alpha value is -1.22. The van der Waals surface area contributed by atoms with E-state index >= 15 is 0 Å². The third-order valence-electron chi connectivity index (χ3n) is 3.03. The number of esters is 1. The van der Waals surface area contributed by atoms with Gasteiger partial charge in [0.1, 0.15) is 5.75 Å². The van der Waals surface area contributed by atoms with E-state index in [1.54, 1.807) is 0 Å². The topological polar surface area (TPSA) is 35.5 Å². The van der Waals surface area contributed by atoms with E-state index in [1.165, 1.54) is 0 Å². The molecule has 1 aromatic rings. The molecule has 3 nitrogen and oxygen atoms in total. The van der Waals surface area contributed by atoms with E-state index in [2.05, 4.69) is 13.8 Å². The average Bonchev–Trinajstić information content (AvgIpc) is 2.36. The van der Waals surface area contributed by atoms with Crippen LogP contribution in [0.1, 0.15) is 44.4 Å². The summed E-state index contributed by atoms with van der Waals surface area (Å²) in [7, 11) is 0. The molecule has 21 heavy (non-hydrogen) atoms. The SMILES string of the molecule is Cc1cc(OCC(C)C)c(CC(=O)OC(C)C)c(C)c1Cl. The van der Waals surface area contributed by atoms with Gasteiger partial charge in [0.25, 0.3) is 0 Å². The molecule has 1 aromatic carbocycles. The van der Waals surface area contributed by atoms with Crippen LogP contribution in [0.4, 0.5) is 0 Å². The van der Waals surface area contributed by atoms with E-state index in [0.717, 1.165) is 22.4 Å². The van der Waals surface area contributed by atoms with Crippen molar-refractivity contribution in [1.82, 2.24) is 0 Å². The van der Waals surface area contributed by atoms with Gasteiger partial charge < -0.3 is 9.47 Å². The lowest BCUT2D eigenvalue weighted by molar-refractivity contribution is -0.146. The van der Waals surface area contributed by atoms with Crippen molar-refractivity contribution in [3.8, 4) is 5.75 Å². The van der Waals surface area contributed by atoms with Crippen LogP contribution in [0.2, 0.25) is 5.02 Å².